The van der Waals surface area contributed by atoms with Crippen molar-refractivity contribution in [2.75, 3.05) is 39.9 Å². The lowest BCUT2D eigenvalue weighted by atomic mass is 9.82. The Hall–Kier alpha value is -1.17. The van der Waals surface area contributed by atoms with Gasteiger partial charge in [0.15, 0.2) is 0 Å². The number of halogens is 1. The Labute approximate surface area is 124 Å². The lowest BCUT2D eigenvalue weighted by Gasteiger charge is -2.33. The molecule has 0 bridgehead atoms. The third-order valence-electron chi connectivity index (χ3n) is 5.15. The fourth-order valence-corrected chi connectivity index (χ4v) is 3.72. The van der Waals surface area contributed by atoms with Crippen molar-refractivity contribution in [2.45, 2.75) is 25.4 Å². The molecule has 1 saturated carbocycles. The number of rotatable bonds is 4. The highest BCUT2D eigenvalue weighted by molar-refractivity contribution is 5.84. The summed E-state index contributed by atoms with van der Waals surface area (Å²) >= 11 is 0. The van der Waals surface area contributed by atoms with Crippen LogP contribution < -0.4 is 0 Å². The second kappa shape index (κ2) is 5.91. The summed E-state index contributed by atoms with van der Waals surface area (Å²) in [6.07, 6.45) is 0.854. The molecule has 3 fully saturated rings. The first-order valence-corrected chi connectivity index (χ1v) is 7.80. The number of carbonyl (C=O) groups excluding carboxylic acids is 2. The van der Waals surface area contributed by atoms with Gasteiger partial charge in [0.25, 0.3) is 0 Å². The number of methoxy groups -OCH3 is 1. The predicted octanol–water partition coefficient (Wildman–Crippen LogP) is 0.688. The number of piperidine rings is 1. The molecule has 3 aliphatic rings. The SMILES string of the molecule is COCCN1CC[C@@H]2CN(C(=O)C3CC(F)C3)C[C@H]2C1=O. The van der Waals surface area contributed by atoms with E-state index < -0.39 is 6.17 Å². The van der Waals surface area contributed by atoms with Crippen molar-refractivity contribution >= 4 is 11.8 Å². The van der Waals surface area contributed by atoms with E-state index in [2.05, 4.69) is 0 Å². The van der Waals surface area contributed by atoms with Crippen molar-refractivity contribution in [3.8, 4) is 0 Å². The van der Waals surface area contributed by atoms with Crippen LogP contribution >= 0.6 is 0 Å². The Morgan fingerprint density at radius 2 is 2.14 bits per heavy atom. The fourth-order valence-electron chi connectivity index (χ4n) is 3.72. The van der Waals surface area contributed by atoms with Gasteiger partial charge >= 0.3 is 0 Å². The van der Waals surface area contributed by atoms with E-state index in [1.54, 1.807) is 12.0 Å². The average molecular weight is 298 g/mol. The molecule has 0 aromatic carbocycles. The summed E-state index contributed by atoms with van der Waals surface area (Å²) in [4.78, 5) is 28.4. The highest BCUT2D eigenvalue weighted by Crippen LogP contribution is 2.36. The van der Waals surface area contributed by atoms with Gasteiger partial charge in [0, 0.05) is 39.2 Å². The van der Waals surface area contributed by atoms with E-state index in [0.29, 0.717) is 39.1 Å². The molecule has 21 heavy (non-hydrogen) atoms. The number of hydrogen-bond acceptors (Lipinski definition) is 3. The molecule has 118 valence electrons. The van der Waals surface area contributed by atoms with Gasteiger partial charge in [0.1, 0.15) is 6.17 Å². The van der Waals surface area contributed by atoms with Crippen LogP contribution in [0.4, 0.5) is 4.39 Å². The Bertz CT molecular complexity index is 425. The lowest BCUT2D eigenvalue weighted by molar-refractivity contribution is -0.141. The summed E-state index contributed by atoms with van der Waals surface area (Å²) in [7, 11) is 1.63. The lowest BCUT2D eigenvalue weighted by Crippen LogP contribution is -2.46. The zero-order valence-electron chi connectivity index (χ0n) is 12.5. The van der Waals surface area contributed by atoms with E-state index in [9.17, 15) is 14.0 Å². The Morgan fingerprint density at radius 1 is 1.38 bits per heavy atom. The van der Waals surface area contributed by atoms with Crippen LogP contribution in [0.1, 0.15) is 19.3 Å². The van der Waals surface area contributed by atoms with Crippen LogP contribution in [0.15, 0.2) is 0 Å². The number of fused-ring (bicyclic) bond motifs is 1. The number of hydrogen-bond donors (Lipinski definition) is 0. The maximum atomic E-state index is 12.9. The summed E-state index contributed by atoms with van der Waals surface area (Å²) in [6.45, 7) is 3.10. The third kappa shape index (κ3) is 2.78. The van der Waals surface area contributed by atoms with Gasteiger partial charge in [-0.3, -0.25) is 9.59 Å². The smallest absolute Gasteiger partial charge is 0.227 e. The molecule has 1 aliphatic carbocycles. The van der Waals surface area contributed by atoms with Crippen molar-refractivity contribution in [2.24, 2.45) is 17.8 Å². The van der Waals surface area contributed by atoms with Crippen molar-refractivity contribution in [1.29, 1.82) is 0 Å². The van der Waals surface area contributed by atoms with Crippen LogP contribution in [0.3, 0.4) is 0 Å². The molecule has 2 heterocycles. The molecule has 2 saturated heterocycles. The molecule has 3 rings (SSSR count). The van der Waals surface area contributed by atoms with Crippen LogP contribution in [-0.2, 0) is 14.3 Å². The quantitative estimate of drug-likeness (QED) is 0.767. The average Bonchev–Trinajstić information content (AvgIpc) is 2.87. The van der Waals surface area contributed by atoms with E-state index in [-0.39, 0.29) is 29.6 Å². The van der Waals surface area contributed by atoms with Crippen LogP contribution in [0, 0.1) is 17.8 Å². The highest BCUT2D eigenvalue weighted by Gasteiger charge is 2.46. The number of amides is 2. The standard InChI is InChI=1S/C15H23FN2O3/c1-21-5-4-17-3-2-10-8-18(9-13(10)15(17)20)14(19)11-6-12(16)7-11/h10-13H,2-9H2,1H3/t10-,11?,12?,13-/m1/s1. The molecular weight excluding hydrogens is 275 g/mol. The van der Waals surface area contributed by atoms with E-state index in [1.165, 1.54) is 0 Å². The van der Waals surface area contributed by atoms with Crippen molar-refractivity contribution in [3.05, 3.63) is 0 Å². The van der Waals surface area contributed by atoms with Gasteiger partial charge in [-0.1, -0.05) is 0 Å². The van der Waals surface area contributed by atoms with Crippen LogP contribution in [0.2, 0.25) is 0 Å². The number of ether oxygens (including phenoxy) is 1. The Morgan fingerprint density at radius 3 is 2.81 bits per heavy atom. The van der Waals surface area contributed by atoms with Crippen LogP contribution in [0.5, 0.6) is 0 Å². The molecule has 0 radical (unpaired) electrons. The number of alkyl halides is 1. The molecule has 0 aromatic heterocycles. The van der Waals surface area contributed by atoms with Crippen LogP contribution in [-0.4, -0.2) is 67.7 Å². The molecule has 6 heteroatoms. The van der Waals surface area contributed by atoms with Gasteiger partial charge < -0.3 is 14.5 Å². The molecule has 2 amide bonds. The second-order valence-electron chi connectivity index (χ2n) is 6.48. The molecule has 0 N–H and O–H groups in total. The van der Waals surface area contributed by atoms with Gasteiger partial charge in [0.05, 0.1) is 12.5 Å². The molecule has 0 unspecified atom stereocenters. The summed E-state index contributed by atoms with van der Waals surface area (Å²) < 4.78 is 17.9. The minimum atomic E-state index is -0.810. The van der Waals surface area contributed by atoms with E-state index >= 15 is 0 Å². The summed E-state index contributed by atoms with van der Waals surface area (Å²) in [5.74, 6) is 0.257. The second-order valence-corrected chi connectivity index (χ2v) is 6.48. The first-order chi connectivity index (χ1) is 10.1. The predicted molar refractivity (Wildman–Crippen MR) is 74.3 cm³/mol. The molecule has 5 nitrogen and oxygen atoms in total. The maximum absolute atomic E-state index is 12.9. The largest absolute Gasteiger partial charge is 0.383 e. The maximum Gasteiger partial charge on any atom is 0.227 e. The number of nitrogens with zero attached hydrogens (tertiary/aromatic N) is 2. The summed E-state index contributed by atoms with van der Waals surface area (Å²) in [5.41, 5.74) is 0. The third-order valence-corrected chi connectivity index (χ3v) is 5.15. The van der Waals surface area contributed by atoms with Gasteiger partial charge in [0.2, 0.25) is 11.8 Å². The molecular formula is C15H23FN2O3. The fraction of sp³-hybridized carbons (Fsp3) is 0.867. The van der Waals surface area contributed by atoms with Gasteiger partial charge in [-0.25, -0.2) is 4.39 Å². The van der Waals surface area contributed by atoms with E-state index in [0.717, 1.165) is 13.0 Å². The zero-order chi connectivity index (χ0) is 15.0. The zero-order valence-corrected chi connectivity index (χ0v) is 12.5. The van der Waals surface area contributed by atoms with Crippen molar-refractivity contribution in [3.63, 3.8) is 0 Å². The Balaban J connectivity index is 1.57. The topological polar surface area (TPSA) is 49.9 Å². The Kier molecular flexibility index (Phi) is 4.15. The number of carbonyl (C=O) groups is 2. The van der Waals surface area contributed by atoms with Crippen molar-refractivity contribution in [1.82, 2.24) is 9.80 Å². The molecule has 0 aromatic rings. The molecule has 2 atom stereocenters. The molecule has 0 spiro atoms. The van der Waals surface area contributed by atoms with Gasteiger partial charge in [-0.2, -0.15) is 0 Å². The van der Waals surface area contributed by atoms with Gasteiger partial charge in [-0.15, -0.1) is 0 Å². The number of likely N-dealkylation sites (tertiary alicyclic amines) is 2. The monoisotopic (exact) mass is 298 g/mol. The summed E-state index contributed by atoms with van der Waals surface area (Å²) in [5, 5.41) is 0. The minimum Gasteiger partial charge on any atom is -0.383 e. The highest BCUT2D eigenvalue weighted by atomic mass is 19.1. The van der Waals surface area contributed by atoms with E-state index in [1.807, 2.05) is 4.90 Å². The normalized spacial score (nSPS) is 35.6. The van der Waals surface area contributed by atoms with E-state index in [4.69, 9.17) is 4.74 Å². The first kappa shape index (κ1) is 14.8. The van der Waals surface area contributed by atoms with Crippen LogP contribution in [0.25, 0.3) is 0 Å². The minimum absolute atomic E-state index is 0.0505. The van der Waals surface area contributed by atoms with Crippen molar-refractivity contribution < 1.29 is 18.7 Å². The molecule has 2 aliphatic heterocycles. The summed E-state index contributed by atoms with van der Waals surface area (Å²) in [6, 6.07) is 0. The van der Waals surface area contributed by atoms with Gasteiger partial charge in [-0.05, 0) is 25.2 Å². The first-order valence-electron chi connectivity index (χ1n) is 7.80.